The molecule has 4 heteroatoms. The normalized spacial score (nSPS) is 12.2. The number of benzene rings is 2. The molecule has 21 heavy (non-hydrogen) atoms. The number of hydrogen-bond donors (Lipinski definition) is 1. The lowest BCUT2D eigenvalue weighted by Gasteiger charge is -2.15. The number of nitrogens with two attached hydrogens (primary N) is 1. The summed E-state index contributed by atoms with van der Waals surface area (Å²) in [6, 6.07) is 9.15. The highest BCUT2D eigenvalue weighted by atomic mass is 19.1. The topological polar surface area (TPSA) is 35.2 Å². The Hall–Kier alpha value is -1.94. The van der Waals surface area contributed by atoms with Crippen molar-refractivity contribution < 1.29 is 13.5 Å². The Morgan fingerprint density at radius 1 is 1.10 bits per heavy atom. The SMILES string of the molecule is COc1ccc(C(C)CCN)cc1-c1cc(F)cc(F)c1. The van der Waals surface area contributed by atoms with Crippen LogP contribution in [-0.2, 0) is 0 Å². The average molecular weight is 291 g/mol. The molecule has 0 saturated carbocycles. The number of methoxy groups -OCH3 is 1. The number of hydrogen-bond acceptors (Lipinski definition) is 2. The minimum Gasteiger partial charge on any atom is -0.496 e. The van der Waals surface area contributed by atoms with Gasteiger partial charge < -0.3 is 10.5 Å². The van der Waals surface area contributed by atoms with Crippen LogP contribution in [0, 0.1) is 11.6 Å². The molecule has 0 aromatic heterocycles. The van der Waals surface area contributed by atoms with Crippen LogP contribution in [0.4, 0.5) is 8.78 Å². The van der Waals surface area contributed by atoms with Crippen molar-refractivity contribution in [1.29, 1.82) is 0 Å². The van der Waals surface area contributed by atoms with E-state index < -0.39 is 11.6 Å². The first kappa shape index (κ1) is 15.4. The molecule has 2 aromatic rings. The fourth-order valence-corrected chi connectivity index (χ4v) is 2.38. The average Bonchev–Trinajstić information content (AvgIpc) is 2.45. The monoisotopic (exact) mass is 291 g/mol. The molecule has 0 spiro atoms. The third-order valence-electron chi connectivity index (χ3n) is 3.57. The van der Waals surface area contributed by atoms with Crippen molar-refractivity contribution in [3.05, 3.63) is 53.6 Å². The second-order valence-corrected chi connectivity index (χ2v) is 5.10. The first-order valence-corrected chi connectivity index (χ1v) is 6.89. The summed E-state index contributed by atoms with van der Waals surface area (Å²) in [6.45, 7) is 2.67. The maximum atomic E-state index is 13.4. The summed E-state index contributed by atoms with van der Waals surface area (Å²) in [5.41, 5.74) is 7.80. The van der Waals surface area contributed by atoms with Gasteiger partial charge in [0, 0.05) is 11.6 Å². The van der Waals surface area contributed by atoms with Crippen LogP contribution in [-0.4, -0.2) is 13.7 Å². The van der Waals surface area contributed by atoms with Crippen LogP contribution in [0.5, 0.6) is 5.75 Å². The maximum absolute atomic E-state index is 13.4. The number of ether oxygens (including phenoxy) is 1. The molecule has 0 heterocycles. The van der Waals surface area contributed by atoms with E-state index in [9.17, 15) is 8.78 Å². The lowest BCUT2D eigenvalue weighted by molar-refractivity contribution is 0.416. The molecule has 0 aliphatic rings. The van der Waals surface area contributed by atoms with Gasteiger partial charge in [0.1, 0.15) is 17.4 Å². The number of halogens is 2. The van der Waals surface area contributed by atoms with Crippen LogP contribution in [0.3, 0.4) is 0 Å². The van der Waals surface area contributed by atoms with Gasteiger partial charge in [-0.1, -0.05) is 13.0 Å². The van der Waals surface area contributed by atoms with Gasteiger partial charge in [0.15, 0.2) is 0 Å². The van der Waals surface area contributed by atoms with E-state index in [1.807, 2.05) is 18.2 Å². The molecule has 0 bridgehead atoms. The van der Waals surface area contributed by atoms with E-state index in [0.29, 0.717) is 23.4 Å². The quantitative estimate of drug-likeness (QED) is 0.900. The Balaban J connectivity index is 2.51. The van der Waals surface area contributed by atoms with Gasteiger partial charge >= 0.3 is 0 Å². The fourth-order valence-electron chi connectivity index (χ4n) is 2.38. The van der Waals surface area contributed by atoms with Gasteiger partial charge in [-0.2, -0.15) is 0 Å². The summed E-state index contributed by atoms with van der Waals surface area (Å²) < 4.78 is 32.2. The smallest absolute Gasteiger partial charge is 0.126 e. The molecule has 0 saturated heterocycles. The molecule has 2 nitrogen and oxygen atoms in total. The van der Waals surface area contributed by atoms with Crippen molar-refractivity contribution >= 4 is 0 Å². The predicted molar refractivity (Wildman–Crippen MR) is 80.4 cm³/mol. The molecule has 0 aliphatic heterocycles. The lowest BCUT2D eigenvalue weighted by Crippen LogP contribution is -2.05. The Labute approximate surface area is 123 Å². The molecule has 112 valence electrons. The molecule has 2 aromatic carbocycles. The first-order chi connectivity index (χ1) is 10.0. The van der Waals surface area contributed by atoms with Gasteiger partial charge in [0.25, 0.3) is 0 Å². The van der Waals surface area contributed by atoms with Crippen molar-refractivity contribution in [3.63, 3.8) is 0 Å². The summed E-state index contributed by atoms with van der Waals surface area (Å²) in [7, 11) is 1.54. The van der Waals surface area contributed by atoms with E-state index in [1.165, 1.54) is 19.2 Å². The van der Waals surface area contributed by atoms with Crippen LogP contribution >= 0.6 is 0 Å². The van der Waals surface area contributed by atoms with E-state index in [2.05, 4.69) is 6.92 Å². The zero-order chi connectivity index (χ0) is 15.4. The minimum absolute atomic E-state index is 0.276. The second kappa shape index (κ2) is 6.68. The highest BCUT2D eigenvalue weighted by Crippen LogP contribution is 2.34. The molecule has 0 radical (unpaired) electrons. The third kappa shape index (κ3) is 3.58. The molecule has 2 rings (SSSR count). The zero-order valence-electron chi connectivity index (χ0n) is 12.2. The van der Waals surface area contributed by atoms with Crippen LogP contribution < -0.4 is 10.5 Å². The third-order valence-corrected chi connectivity index (χ3v) is 3.57. The Kier molecular flexibility index (Phi) is 4.91. The van der Waals surface area contributed by atoms with Gasteiger partial charge in [-0.15, -0.1) is 0 Å². The number of rotatable bonds is 5. The molecule has 2 N–H and O–H groups in total. The van der Waals surface area contributed by atoms with Crippen molar-refractivity contribution in [2.24, 2.45) is 5.73 Å². The van der Waals surface area contributed by atoms with Crippen molar-refractivity contribution in [3.8, 4) is 16.9 Å². The minimum atomic E-state index is -0.604. The summed E-state index contributed by atoms with van der Waals surface area (Å²) in [6.07, 6.45) is 0.850. The summed E-state index contributed by atoms with van der Waals surface area (Å²) in [5, 5.41) is 0. The van der Waals surface area contributed by atoms with Crippen LogP contribution in [0.1, 0.15) is 24.8 Å². The Morgan fingerprint density at radius 3 is 2.33 bits per heavy atom. The molecule has 0 fully saturated rings. The molecular weight excluding hydrogens is 272 g/mol. The molecule has 1 atom stereocenters. The lowest BCUT2D eigenvalue weighted by atomic mass is 9.93. The Morgan fingerprint density at radius 2 is 1.76 bits per heavy atom. The van der Waals surface area contributed by atoms with Gasteiger partial charge in [-0.3, -0.25) is 0 Å². The van der Waals surface area contributed by atoms with E-state index in [4.69, 9.17) is 10.5 Å². The van der Waals surface area contributed by atoms with Crippen molar-refractivity contribution in [2.45, 2.75) is 19.3 Å². The van der Waals surface area contributed by atoms with E-state index in [0.717, 1.165) is 18.1 Å². The van der Waals surface area contributed by atoms with Gasteiger partial charge in [0.2, 0.25) is 0 Å². The summed E-state index contributed by atoms with van der Waals surface area (Å²) in [4.78, 5) is 0. The van der Waals surface area contributed by atoms with E-state index >= 15 is 0 Å². The molecule has 0 aliphatic carbocycles. The molecule has 0 amide bonds. The van der Waals surface area contributed by atoms with Crippen molar-refractivity contribution in [1.82, 2.24) is 0 Å². The fraction of sp³-hybridized carbons (Fsp3) is 0.294. The Bertz CT molecular complexity index is 608. The summed E-state index contributed by atoms with van der Waals surface area (Å²) in [5.74, 6) is -0.346. The van der Waals surface area contributed by atoms with Crippen LogP contribution in [0.15, 0.2) is 36.4 Å². The van der Waals surface area contributed by atoms with Gasteiger partial charge in [-0.05, 0) is 54.3 Å². The van der Waals surface area contributed by atoms with Gasteiger partial charge in [-0.25, -0.2) is 8.78 Å². The van der Waals surface area contributed by atoms with Crippen LogP contribution in [0.25, 0.3) is 11.1 Å². The zero-order valence-corrected chi connectivity index (χ0v) is 12.2. The molecule has 1 unspecified atom stereocenters. The predicted octanol–water partition coefficient (Wildman–Crippen LogP) is 4.09. The summed E-state index contributed by atoms with van der Waals surface area (Å²) >= 11 is 0. The van der Waals surface area contributed by atoms with E-state index in [1.54, 1.807) is 0 Å². The maximum Gasteiger partial charge on any atom is 0.126 e. The van der Waals surface area contributed by atoms with E-state index in [-0.39, 0.29) is 5.92 Å². The molecular formula is C17H19F2NO. The standard InChI is InChI=1S/C17H19F2NO/c1-11(5-6-20)12-3-4-17(21-2)16(9-12)13-7-14(18)10-15(19)8-13/h3-4,7-11H,5-6,20H2,1-2H3. The highest BCUT2D eigenvalue weighted by Gasteiger charge is 2.12. The largest absolute Gasteiger partial charge is 0.496 e. The first-order valence-electron chi connectivity index (χ1n) is 6.89. The highest BCUT2D eigenvalue weighted by molar-refractivity contribution is 5.71. The van der Waals surface area contributed by atoms with Gasteiger partial charge in [0.05, 0.1) is 7.11 Å². The van der Waals surface area contributed by atoms with Crippen molar-refractivity contribution in [2.75, 3.05) is 13.7 Å². The second-order valence-electron chi connectivity index (χ2n) is 5.10. The van der Waals surface area contributed by atoms with Crippen LogP contribution in [0.2, 0.25) is 0 Å².